The fourth-order valence-electron chi connectivity index (χ4n) is 1.22. The second-order valence-corrected chi connectivity index (χ2v) is 4.82. The molecule has 0 saturated carbocycles. The van der Waals surface area contributed by atoms with E-state index in [0.29, 0.717) is 23.1 Å². The number of benzene rings is 1. The molecule has 0 heterocycles. The van der Waals surface area contributed by atoms with Gasteiger partial charge in [-0.25, -0.2) is 0 Å². The Kier molecular flexibility index (Phi) is 5.98. The summed E-state index contributed by atoms with van der Waals surface area (Å²) in [4.78, 5) is 1.03. The lowest BCUT2D eigenvalue weighted by molar-refractivity contribution is 0.199. The molecule has 1 unspecified atom stereocenters. The smallest absolute Gasteiger partial charge is 0.137 e. The van der Waals surface area contributed by atoms with Crippen molar-refractivity contribution in [2.75, 3.05) is 26.5 Å². The van der Waals surface area contributed by atoms with Crippen LogP contribution in [0.1, 0.15) is 0 Å². The van der Waals surface area contributed by atoms with E-state index < -0.39 is 0 Å². The third-order valence-electron chi connectivity index (χ3n) is 2.01. The Balaban J connectivity index is 2.51. The highest BCUT2D eigenvalue weighted by atomic mass is 35.5. The predicted octanol–water partition coefficient (Wildman–Crippen LogP) is 2.02. The number of nitrogens with one attached hydrogen (secondary N) is 1. The normalized spacial score (nSPS) is 12.5. The Labute approximate surface area is 105 Å². The monoisotopic (exact) mass is 261 g/mol. The molecular weight excluding hydrogens is 246 g/mol. The number of likely N-dealkylation sites (N-methyl/N-ethyl adjacent to an activating group) is 1. The molecule has 3 nitrogen and oxygen atoms in total. The number of methoxy groups -OCH3 is 1. The number of ether oxygens (including phenoxy) is 1. The van der Waals surface area contributed by atoms with Gasteiger partial charge >= 0.3 is 0 Å². The van der Waals surface area contributed by atoms with E-state index in [2.05, 4.69) is 5.32 Å². The van der Waals surface area contributed by atoms with Crippen LogP contribution in [-0.4, -0.2) is 37.7 Å². The van der Waals surface area contributed by atoms with E-state index in [4.69, 9.17) is 16.3 Å². The molecule has 16 heavy (non-hydrogen) atoms. The molecule has 0 aliphatic carbocycles. The zero-order valence-corrected chi connectivity index (χ0v) is 10.9. The van der Waals surface area contributed by atoms with Crippen molar-refractivity contribution in [1.29, 1.82) is 0 Å². The van der Waals surface area contributed by atoms with Crippen molar-refractivity contribution in [2.24, 2.45) is 0 Å². The molecule has 0 aliphatic heterocycles. The average Bonchev–Trinajstić information content (AvgIpc) is 2.27. The summed E-state index contributed by atoms with van der Waals surface area (Å²) in [6, 6.07) is 5.60. The first-order valence-electron chi connectivity index (χ1n) is 4.96. The summed E-state index contributed by atoms with van der Waals surface area (Å²) < 4.78 is 5.06. The highest BCUT2D eigenvalue weighted by molar-refractivity contribution is 7.99. The summed E-state index contributed by atoms with van der Waals surface area (Å²) in [5, 5.41) is 13.1. The van der Waals surface area contributed by atoms with E-state index >= 15 is 0 Å². The van der Waals surface area contributed by atoms with Gasteiger partial charge in [0.2, 0.25) is 0 Å². The second-order valence-electron chi connectivity index (χ2n) is 3.32. The van der Waals surface area contributed by atoms with Crippen molar-refractivity contribution in [3.8, 4) is 5.75 Å². The molecule has 1 atom stereocenters. The van der Waals surface area contributed by atoms with E-state index in [-0.39, 0.29) is 6.10 Å². The fourth-order valence-corrected chi connectivity index (χ4v) is 2.41. The van der Waals surface area contributed by atoms with Crippen molar-refractivity contribution in [1.82, 2.24) is 5.32 Å². The van der Waals surface area contributed by atoms with Gasteiger partial charge in [0.1, 0.15) is 5.75 Å². The van der Waals surface area contributed by atoms with E-state index in [1.165, 1.54) is 0 Å². The topological polar surface area (TPSA) is 41.5 Å². The van der Waals surface area contributed by atoms with Gasteiger partial charge in [0.05, 0.1) is 18.2 Å². The highest BCUT2D eigenvalue weighted by Gasteiger charge is 2.06. The Morgan fingerprint density at radius 2 is 2.31 bits per heavy atom. The van der Waals surface area contributed by atoms with Crippen LogP contribution in [0.2, 0.25) is 5.02 Å². The van der Waals surface area contributed by atoms with E-state index in [1.807, 2.05) is 25.2 Å². The quantitative estimate of drug-likeness (QED) is 0.769. The van der Waals surface area contributed by atoms with Crippen molar-refractivity contribution in [2.45, 2.75) is 11.0 Å². The second kappa shape index (κ2) is 7.01. The summed E-state index contributed by atoms with van der Waals surface area (Å²) in [6.07, 6.45) is -0.351. The molecule has 1 aromatic rings. The SMILES string of the molecule is CNCC(O)CSc1ccc(OC)c(Cl)c1. The lowest BCUT2D eigenvalue weighted by Gasteiger charge is -2.10. The van der Waals surface area contributed by atoms with Crippen molar-refractivity contribution >= 4 is 23.4 Å². The molecule has 2 N–H and O–H groups in total. The predicted molar refractivity (Wildman–Crippen MR) is 68.7 cm³/mol. The summed E-state index contributed by atoms with van der Waals surface area (Å²) in [5.41, 5.74) is 0. The van der Waals surface area contributed by atoms with Gasteiger partial charge in [0.25, 0.3) is 0 Å². The number of thioether (sulfide) groups is 1. The number of hydrogen-bond donors (Lipinski definition) is 2. The van der Waals surface area contributed by atoms with Crippen LogP contribution in [0.25, 0.3) is 0 Å². The summed E-state index contributed by atoms with van der Waals surface area (Å²) in [6.45, 7) is 0.594. The zero-order chi connectivity index (χ0) is 12.0. The van der Waals surface area contributed by atoms with E-state index in [1.54, 1.807) is 18.9 Å². The van der Waals surface area contributed by atoms with Crippen LogP contribution in [0.15, 0.2) is 23.1 Å². The van der Waals surface area contributed by atoms with Crippen LogP contribution in [0, 0.1) is 0 Å². The average molecular weight is 262 g/mol. The number of aliphatic hydroxyl groups is 1. The molecule has 0 radical (unpaired) electrons. The minimum Gasteiger partial charge on any atom is -0.495 e. The summed E-state index contributed by atoms with van der Waals surface area (Å²) in [5.74, 6) is 1.31. The standard InChI is InChI=1S/C11H16ClNO2S/c1-13-6-8(14)7-16-9-3-4-11(15-2)10(12)5-9/h3-5,8,13-14H,6-7H2,1-2H3. The third-order valence-corrected chi connectivity index (χ3v) is 3.44. The lowest BCUT2D eigenvalue weighted by Crippen LogP contribution is -2.25. The number of aliphatic hydroxyl groups excluding tert-OH is 1. The Morgan fingerprint density at radius 3 is 2.88 bits per heavy atom. The molecule has 0 bridgehead atoms. The minimum absolute atomic E-state index is 0.351. The van der Waals surface area contributed by atoms with Gasteiger partial charge in [-0.3, -0.25) is 0 Å². The van der Waals surface area contributed by atoms with Gasteiger partial charge < -0.3 is 15.2 Å². The fraction of sp³-hybridized carbons (Fsp3) is 0.455. The van der Waals surface area contributed by atoms with Crippen LogP contribution < -0.4 is 10.1 Å². The van der Waals surface area contributed by atoms with Crippen molar-refractivity contribution < 1.29 is 9.84 Å². The maximum Gasteiger partial charge on any atom is 0.137 e. The molecule has 0 fully saturated rings. The van der Waals surface area contributed by atoms with Crippen LogP contribution in [0.5, 0.6) is 5.75 Å². The number of hydrogen-bond acceptors (Lipinski definition) is 4. The number of rotatable bonds is 6. The van der Waals surface area contributed by atoms with Crippen molar-refractivity contribution in [3.63, 3.8) is 0 Å². The van der Waals surface area contributed by atoms with Gasteiger partial charge in [-0.2, -0.15) is 0 Å². The molecule has 5 heteroatoms. The Hall–Kier alpha value is -0.420. The maximum absolute atomic E-state index is 9.54. The van der Waals surface area contributed by atoms with Gasteiger partial charge in [-0.15, -0.1) is 11.8 Å². The molecule has 0 aromatic heterocycles. The molecule has 0 spiro atoms. The number of halogens is 1. The van der Waals surface area contributed by atoms with Gasteiger partial charge in [-0.1, -0.05) is 11.6 Å². The summed E-state index contributed by atoms with van der Waals surface area (Å²) >= 11 is 7.56. The molecule has 0 amide bonds. The molecule has 1 aromatic carbocycles. The Morgan fingerprint density at radius 1 is 1.56 bits per heavy atom. The highest BCUT2D eigenvalue weighted by Crippen LogP contribution is 2.29. The van der Waals surface area contributed by atoms with E-state index in [9.17, 15) is 5.11 Å². The molecule has 1 rings (SSSR count). The minimum atomic E-state index is -0.351. The first-order chi connectivity index (χ1) is 7.67. The van der Waals surface area contributed by atoms with Crippen LogP contribution in [0.4, 0.5) is 0 Å². The van der Waals surface area contributed by atoms with Crippen LogP contribution >= 0.6 is 23.4 Å². The summed E-state index contributed by atoms with van der Waals surface area (Å²) in [7, 11) is 3.41. The lowest BCUT2D eigenvalue weighted by atomic mass is 10.3. The molecule has 90 valence electrons. The molecule has 0 aliphatic rings. The van der Waals surface area contributed by atoms with Crippen molar-refractivity contribution in [3.05, 3.63) is 23.2 Å². The molecular formula is C11H16ClNO2S. The van der Waals surface area contributed by atoms with Crippen LogP contribution in [-0.2, 0) is 0 Å². The van der Waals surface area contributed by atoms with E-state index in [0.717, 1.165) is 4.90 Å². The van der Waals surface area contributed by atoms with Gasteiger partial charge in [0, 0.05) is 17.2 Å². The first-order valence-corrected chi connectivity index (χ1v) is 6.32. The first kappa shape index (κ1) is 13.6. The van der Waals surface area contributed by atoms with Gasteiger partial charge in [-0.05, 0) is 25.2 Å². The molecule has 0 saturated heterocycles. The maximum atomic E-state index is 9.54. The van der Waals surface area contributed by atoms with Crippen LogP contribution in [0.3, 0.4) is 0 Å². The third kappa shape index (κ3) is 4.22. The zero-order valence-electron chi connectivity index (χ0n) is 9.37. The largest absolute Gasteiger partial charge is 0.495 e. The van der Waals surface area contributed by atoms with Gasteiger partial charge in [0.15, 0.2) is 0 Å². The Bertz CT molecular complexity index is 336.